The number of nitrogens with one attached hydrogen (secondary N) is 2. The van der Waals surface area contributed by atoms with E-state index in [4.69, 9.17) is 9.47 Å². The molecule has 5 rings (SSSR count). The van der Waals surface area contributed by atoms with Gasteiger partial charge in [-0.25, -0.2) is 0 Å². The van der Waals surface area contributed by atoms with Crippen LogP contribution in [0, 0.1) is 5.92 Å². The van der Waals surface area contributed by atoms with E-state index in [9.17, 15) is 4.79 Å². The Morgan fingerprint density at radius 3 is 2.52 bits per heavy atom. The second-order valence-electron chi connectivity index (χ2n) is 8.67. The van der Waals surface area contributed by atoms with Crippen LogP contribution in [0.4, 0.5) is 5.69 Å². The molecule has 1 aromatic heterocycles. The minimum Gasteiger partial charge on any atom is -0.493 e. The molecule has 7 nitrogen and oxygen atoms in total. The summed E-state index contributed by atoms with van der Waals surface area (Å²) in [4.78, 5) is 14.5. The van der Waals surface area contributed by atoms with Crippen LogP contribution in [0.25, 0.3) is 5.70 Å². The predicted molar refractivity (Wildman–Crippen MR) is 127 cm³/mol. The fraction of sp³-hybridized carbons (Fsp3) is 0.308. The van der Waals surface area contributed by atoms with E-state index < -0.39 is 0 Å². The minimum absolute atomic E-state index is 0.130. The van der Waals surface area contributed by atoms with E-state index in [1.165, 1.54) is 24.7 Å². The van der Waals surface area contributed by atoms with Gasteiger partial charge in [0.15, 0.2) is 0 Å². The summed E-state index contributed by atoms with van der Waals surface area (Å²) in [6.07, 6.45) is 6.71. The molecule has 1 atom stereocenters. The van der Waals surface area contributed by atoms with Crippen LogP contribution in [-0.4, -0.2) is 41.9 Å². The summed E-state index contributed by atoms with van der Waals surface area (Å²) in [5, 5.41) is 9.20. The second kappa shape index (κ2) is 9.40. The average molecular weight is 445 g/mol. The van der Waals surface area contributed by atoms with Crippen molar-refractivity contribution in [2.45, 2.75) is 25.4 Å². The highest BCUT2D eigenvalue weighted by Gasteiger charge is 2.25. The summed E-state index contributed by atoms with van der Waals surface area (Å²) in [6.45, 7) is 6.60. The van der Waals surface area contributed by atoms with Crippen LogP contribution in [-0.2, 0) is 0 Å². The molecule has 2 aromatic carbocycles. The molecular weight excluding hydrogens is 416 g/mol. The Kier molecular flexibility index (Phi) is 6.02. The average Bonchev–Trinajstić information content (AvgIpc) is 3.29. The Labute approximate surface area is 193 Å². The smallest absolute Gasteiger partial charge is 0.258 e. The maximum atomic E-state index is 12.1. The largest absolute Gasteiger partial charge is 0.493 e. The molecule has 33 heavy (non-hydrogen) atoms. The molecule has 1 saturated carbocycles. The van der Waals surface area contributed by atoms with Crippen LogP contribution in [0.2, 0.25) is 0 Å². The van der Waals surface area contributed by atoms with Crippen molar-refractivity contribution in [1.29, 1.82) is 0 Å². The lowest BCUT2D eigenvalue weighted by Crippen LogP contribution is -2.24. The summed E-state index contributed by atoms with van der Waals surface area (Å²) in [7, 11) is 0. The third-order valence-electron chi connectivity index (χ3n) is 6.06. The highest BCUT2D eigenvalue weighted by molar-refractivity contribution is 5.98. The first-order valence-corrected chi connectivity index (χ1v) is 11.4. The van der Waals surface area contributed by atoms with Gasteiger partial charge in [-0.05, 0) is 72.9 Å². The number of aromatic nitrogens is 2. The number of rotatable bonds is 9. The normalized spacial score (nSPS) is 17.6. The fourth-order valence-corrected chi connectivity index (χ4v) is 3.89. The summed E-state index contributed by atoms with van der Waals surface area (Å²) in [5.74, 6) is 2.26. The van der Waals surface area contributed by atoms with Gasteiger partial charge in [0.1, 0.15) is 17.6 Å². The van der Waals surface area contributed by atoms with Crippen molar-refractivity contribution in [3.63, 3.8) is 0 Å². The molecule has 2 N–H and O–H groups in total. The van der Waals surface area contributed by atoms with Crippen molar-refractivity contribution in [3.8, 4) is 11.5 Å². The van der Waals surface area contributed by atoms with Crippen LogP contribution >= 0.6 is 0 Å². The molecule has 0 unspecified atom stereocenters. The lowest BCUT2D eigenvalue weighted by atomic mass is 10.1. The molecule has 1 aliphatic heterocycles. The number of hydrogen-bond acceptors (Lipinski definition) is 5. The summed E-state index contributed by atoms with van der Waals surface area (Å²) in [5.41, 5.74) is 3.02. The van der Waals surface area contributed by atoms with Crippen LogP contribution < -0.4 is 19.7 Å². The van der Waals surface area contributed by atoms with Crippen LogP contribution in [0.5, 0.6) is 11.5 Å². The van der Waals surface area contributed by atoms with Crippen molar-refractivity contribution in [3.05, 3.63) is 78.6 Å². The standard InChI is InChI=1S/C26H28N4O3/c1-18(29-26(31)21-14-27-28-15-21)20-4-8-24(9-5-20)33-25-12-13-30(16-25)22-6-10-23(11-7-22)32-17-19-2-3-19/h4-11,14-15,19,25H,1-3,12-13,16-17H2,(H,27,28)(H,29,31)/t25-/m1/s1. The van der Waals surface area contributed by atoms with Gasteiger partial charge in [-0.15, -0.1) is 0 Å². The van der Waals surface area contributed by atoms with Crippen LogP contribution in [0.15, 0.2) is 67.5 Å². The second-order valence-corrected chi connectivity index (χ2v) is 8.67. The lowest BCUT2D eigenvalue weighted by molar-refractivity contribution is 0.0974. The summed E-state index contributed by atoms with van der Waals surface area (Å²) < 4.78 is 12.0. The molecule has 7 heteroatoms. The van der Waals surface area contributed by atoms with E-state index in [1.807, 2.05) is 24.3 Å². The molecule has 1 amide bonds. The van der Waals surface area contributed by atoms with Crippen molar-refractivity contribution >= 4 is 17.3 Å². The number of benzene rings is 2. The van der Waals surface area contributed by atoms with Gasteiger partial charge in [0.2, 0.25) is 0 Å². The van der Waals surface area contributed by atoms with E-state index in [-0.39, 0.29) is 12.0 Å². The molecular formula is C26H28N4O3. The predicted octanol–water partition coefficient (Wildman–Crippen LogP) is 4.26. The number of nitrogens with zero attached hydrogens (tertiary/aromatic N) is 2. The van der Waals surface area contributed by atoms with Crippen LogP contribution in [0.1, 0.15) is 35.2 Å². The first kappa shape index (κ1) is 21.1. The van der Waals surface area contributed by atoms with Gasteiger partial charge in [0, 0.05) is 30.5 Å². The maximum Gasteiger partial charge on any atom is 0.258 e. The van der Waals surface area contributed by atoms with E-state index in [1.54, 1.807) is 6.20 Å². The van der Waals surface area contributed by atoms with Crippen molar-refractivity contribution in [1.82, 2.24) is 15.5 Å². The molecule has 2 fully saturated rings. The third-order valence-corrected chi connectivity index (χ3v) is 6.06. The molecule has 170 valence electrons. The Balaban J connectivity index is 1.11. The highest BCUT2D eigenvalue weighted by Crippen LogP contribution is 2.30. The van der Waals surface area contributed by atoms with Gasteiger partial charge in [0.05, 0.1) is 24.9 Å². The van der Waals surface area contributed by atoms with Crippen molar-refractivity contribution in [2.75, 3.05) is 24.6 Å². The molecule has 0 spiro atoms. The molecule has 1 saturated heterocycles. The SMILES string of the molecule is C=C(NC(=O)c1cn[nH]c1)c1ccc(O[C@@H]2CCN(c3ccc(OCC4CC4)cc3)C2)cc1. The number of aromatic amines is 1. The number of amides is 1. The maximum absolute atomic E-state index is 12.1. The lowest BCUT2D eigenvalue weighted by Gasteiger charge is -2.19. The monoisotopic (exact) mass is 444 g/mol. The van der Waals surface area contributed by atoms with Gasteiger partial charge >= 0.3 is 0 Å². The molecule has 2 heterocycles. The number of hydrogen-bond donors (Lipinski definition) is 2. The fourth-order valence-electron chi connectivity index (χ4n) is 3.89. The zero-order valence-electron chi connectivity index (χ0n) is 18.5. The highest BCUT2D eigenvalue weighted by atomic mass is 16.5. The topological polar surface area (TPSA) is 79.5 Å². The van der Waals surface area contributed by atoms with Gasteiger partial charge < -0.3 is 19.7 Å². The molecule has 3 aromatic rings. The number of carbonyl (C=O) groups is 1. The van der Waals surface area contributed by atoms with Gasteiger partial charge in [-0.3, -0.25) is 9.89 Å². The zero-order valence-corrected chi connectivity index (χ0v) is 18.5. The first-order valence-electron chi connectivity index (χ1n) is 11.4. The Bertz CT molecular complexity index is 1090. The molecule has 1 aliphatic carbocycles. The molecule has 0 bridgehead atoms. The van der Waals surface area contributed by atoms with E-state index in [0.717, 1.165) is 49.1 Å². The minimum atomic E-state index is -0.248. The van der Waals surface area contributed by atoms with Crippen LogP contribution in [0.3, 0.4) is 0 Å². The zero-order chi connectivity index (χ0) is 22.6. The molecule has 2 aliphatic rings. The Morgan fingerprint density at radius 1 is 1.06 bits per heavy atom. The quantitative estimate of drug-likeness (QED) is 0.516. The van der Waals surface area contributed by atoms with Crippen molar-refractivity contribution < 1.29 is 14.3 Å². The Morgan fingerprint density at radius 2 is 1.82 bits per heavy atom. The van der Waals surface area contributed by atoms with Crippen molar-refractivity contribution in [2.24, 2.45) is 5.92 Å². The number of carbonyl (C=O) groups excluding carboxylic acids is 1. The number of H-pyrrole nitrogens is 1. The Hall–Kier alpha value is -3.74. The van der Waals surface area contributed by atoms with E-state index in [0.29, 0.717) is 11.3 Å². The van der Waals surface area contributed by atoms with Gasteiger partial charge in [-0.2, -0.15) is 5.10 Å². The van der Waals surface area contributed by atoms with E-state index >= 15 is 0 Å². The summed E-state index contributed by atoms with van der Waals surface area (Å²) in [6, 6.07) is 16.0. The van der Waals surface area contributed by atoms with E-state index in [2.05, 4.69) is 51.3 Å². The van der Waals surface area contributed by atoms with Gasteiger partial charge in [0.25, 0.3) is 5.91 Å². The molecule has 0 radical (unpaired) electrons. The first-order chi connectivity index (χ1) is 16.1. The number of ether oxygens (including phenoxy) is 2. The summed E-state index contributed by atoms with van der Waals surface area (Å²) >= 11 is 0. The van der Waals surface area contributed by atoms with Gasteiger partial charge in [-0.1, -0.05) is 6.58 Å². The third kappa shape index (κ3) is 5.37. The number of anilines is 1.